The van der Waals surface area contributed by atoms with E-state index in [0.717, 1.165) is 11.1 Å². The van der Waals surface area contributed by atoms with Crippen LogP contribution in [-0.2, 0) is 19.6 Å². The number of rotatable bonds is 10. The van der Waals surface area contributed by atoms with Crippen molar-refractivity contribution in [1.82, 2.24) is 33.9 Å². The second-order valence-corrected chi connectivity index (χ2v) is 13.0. The van der Waals surface area contributed by atoms with Crippen LogP contribution in [0.4, 0.5) is 23.0 Å². The van der Waals surface area contributed by atoms with Crippen molar-refractivity contribution >= 4 is 46.2 Å². The van der Waals surface area contributed by atoms with E-state index in [1.807, 2.05) is 66.1 Å². The average molecular weight is 727 g/mol. The van der Waals surface area contributed by atoms with E-state index in [2.05, 4.69) is 20.7 Å². The molecule has 0 spiro atoms. The highest BCUT2D eigenvalue weighted by Gasteiger charge is 2.47. The van der Waals surface area contributed by atoms with Crippen LogP contribution in [0.1, 0.15) is 55.7 Å². The number of benzene rings is 1. The molecule has 0 amide bonds. The van der Waals surface area contributed by atoms with Gasteiger partial charge >= 0.3 is 0 Å². The summed E-state index contributed by atoms with van der Waals surface area (Å²) < 4.78 is 10.7. The lowest BCUT2D eigenvalue weighted by atomic mass is 10.2. The molecule has 2 unspecified atom stereocenters. The standard InChI is InChI=1S/C35H33Cl2N11O3/c1-3-14-45-30(24-11-8-16-51-24)42-31-26(33(45)49)41-29(23-18-39-44(20-23)19-21-9-6-5-7-10-21)48(31)47-28(22-12-13-25(36)38-17-22)40-27-32(47)43-35(37)46(15-4-2)34(27)50/h5-13,16-18,20,28-29,40-41H,3-4,14-15,19H2,1-2H3. The third-order valence-corrected chi connectivity index (χ3v) is 9.34. The smallest absolute Gasteiger partial charge is 0.280 e. The van der Waals surface area contributed by atoms with Crippen LogP contribution in [-0.4, -0.2) is 33.9 Å². The number of furan rings is 1. The minimum atomic E-state index is -0.736. The first-order valence-corrected chi connectivity index (χ1v) is 17.4. The molecule has 0 saturated heterocycles. The number of hydrogen-bond donors (Lipinski definition) is 2. The Morgan fingerprint density at radius 1 is 0.784 bits per heavy atom. The molecule has 0 fully saturated rings. The zero-order valence-corrected chi connectivity index (χ0v) is 29.2. The van der Waals surface area contributed by atoms with Gasteiger partial charge in [-0.25, -0.2) is 20.0 Å². The summed E-state index contributed by atoms with van der Waals surface area (Å²) in [5, 5.41) is 15.5. The van der Waals surface area contributed by atoms with E-state index in [9.17, 15) is 9.59 Å². The molecule has 14 nitrogen and oxygen atoms in total. The van der Waals surface area contributed by atoms with Gasteiger partial charge < -0.3 is 15.1 Å². The number of hydrazine groups is 1. The minimum Gasteiger partial charge on any atom is -0.461 e. The summed E-state index contributed by atoms with van der Waals surface area (Å²) in [6, 6.07) is 17.0. The van der Waals surface area contributed by atoms with Crippen molar-refractivity contribution in [2.24, 2.45) is 0 Å². The highest BCUT2D eigenvalue weighted by Crippen LogP contribution is 2.48. The van der Waals surface area contributed by atoms with Crippen molar-refractivity contribution in [3.05, 3.63) is 127 Å². The summed E-state index contributed by atoms with van der Waals surface area (Å²) in [5.74, 6) is 1.35. The van der Waals surface area contributed by atoms with E-state index in [4.69, 9.17) is 37.6 Å². The van der Waals surface area contributed by atoms with Gasteiger partial charge in [0.25, 0.3) is 11.1 Å². The van der Waals surface area contributed by atoms with E-state index in [1.54, 1.807) is 46.4 Å². The number of pyridine rings is 1. The number of aromatic nitrogens is 7. The molecule has 51 heavy (non-hydrogen) atoms. The maximum absolute atomic E-state index is 14.4. The number of nitrogens with one attached hydrogen (secondary N) is 2. The second kappa shape index (κ2) is 13.3. The van der Waals surface area contributed by atoms with Crippen LogP contribution >= 0.6 is 23.2 Å². The van der Waals surface area contributed by atoms with Crippen LogP contribution in [0.15, 0.2) is 93.5 Å². The second-order valence-electron chi connectivity index (χ2n) is 12.3. The Morgan fingerprint density at radius 2 is 1.47 bits per heavy atom. The number of halogens is 2. The largest absolute Gasteiger partial charge is 0.461 e. The summed E-state index contributed by atoms with van der Waals surface area (Å²) in [7, 11) is 0. The maximum Gasteiger partial charge on any atom is 0.280 e. The molecule has 2 aliphatic rings. The highest BCUT2D eigenvalue weighted by molar-refractivity contribution is 6.29. The highest BCUT2D eigenvalue weighted by atomic mass is 35.5. The average Bonchev–Trinajstić information content (AvgIpc) is 3.95. The first-order valence-electron chi connectivity index (χ1n) is 16.6. The third-order valence-electron chi connectivity index (χ3n) is 8.83. The maximum atomic E-state index is 14.4. The Morgan fingerprint density at radius 3 is 2.14 bits per heavy atom. The first-order chi connectivity index (χ1) is 24.9. The Kier molecular flexibility index (Phi) is 8.48. The third kappa shape index (κ3) is 5.69. The molecule has 260 valence electrons. The zero-order valence-electron chi connectivity index (χ0n) is 27.7. The number of hydrogen-bond acceptors (Lipinski definition) is 11. The minimum absolute atomic E-state index is 0.0319. The summed E-state index contributed by atoms with van der Waals surface area (Å²) in [4.78, 5) is 42.7. The Labute approximate surface area is 301 Å². The van der Waals surface area contributed by atoms with Crippen LogP contribution in [0, 0.1) is 0 Å². The van der Waals surface area contributed by atoms with Gasteiger partial charge in [-0.3, -0.25) is 23.4 Å². The van der Waals surface area contributed by atoms with Crippen LogP contribution in [0.2, 0.25) is 10.4 Å². The molecule has 5 aromatic heterocycles. The number of nitrogens with zero attached hydrogens (tertiary/aromatic N) is 9. The van der Waals surface area contributed by atoms with E-state index in [-0.39, 0.29) is 33.6 Å². The molecule has 0 saturated carbocycles. The fourth-order valence-corrected chi connectivity index (χ4v) is 6.91. The molecular formula is C35H33Cl2N11O3. The fourth-order valence-electron chi connectivity index (χ4n) is 6.56. The molecule has 8 rings (SSSR count). The molecular weight excluding hydrogens is 693 g/mol. The molecule has 0 radical (unpaired) electrons. The van der Waals surface area contributed by atoms with Crippen LogP contribution in [0.3, 0.4) is 0 Å². The van der Waals surface area contributed by atoms with Crippen molar-refractivity contribution in [3.8, 4) is 11.6 Å². The van der Waals surface area contributed by atoms with Gasteiger partial charge in [0.1, 0.15) is 22.7 Å². The van der Waals surface area contributed by atoms with Gasteiger partial charge in [-0.1, -0.05) is 61.8 Å². The molecule has 2 aliphatic heterocycles. The lowest BCUT2D eigenvalue weighted by Crippen LogP contribution is -2.47. The van der Waals surface area contributed by atoms with Gasteiger partial charge in [0.05, 0.1) is 19.0 Å². The number of anilines is 4. The van der Waals surface area contributed by atoms with Crippen molar-refractivity contribution in [2.45, 2.75) is 58.7 Å². The van der Waals surface area contributed by atoms with Gasteiger partial charge in [-0.2, -0.15) is 10.1 Å². The molecule has 1 aromatic carbocycles. The summed E-state index contributed by atoms with van der Waals surface area (Å²) in [6.45, 7) is 5.29. The fraction of sp³-hybridized carbons (Fsp3) is 0.257. The molecule has 7 heterocycles. The van der Waals surface area contributed by atoms with Gasteiger partial charge in [-0.15, -0.1) is 0 Å². The zero-order chi connectivity index (χ0) is 35.2. The molecule has 2 atom stereocenters. The molecule has 6 aromatic rings. The topological polar surface area (TPSA) is 144 Å². The van der Waals surface area contributed by atoms with Crippen molar-refractivity contribution in [3.63, 3.8) is 0 Å². The van der Waals surface area contributed by atoms with Crippen molar-refractivity contribution < 1.29 is 4.42 Å². The van der Waals surface area contributed by atoms with Crippen LogP contribution < -0.4 is 31.8 Å². The van der Waals surface area contributed by atoms with Gasteiger partial charge in [0, 0.05) is 36.6 Å². The van der Waals surface area contributed by atoms with Crippen LogP contribution in [0.5, 0.6) is 0 Å². The number of fused-ring (bicyclic) bond motifs is 2. The van der Waals surface area contributed by atoms with E-state index in [0.29, 0.717) is 60.6 Å². The van der Waals surface area contributed by atoms with Gasteiger partial charge in [0.15, 0.2) is 29.4 Å². The summed E-state index contributed by atoms with van der Waals surface area (Å²) >= 11 is 12.9. The van der Waals surface area contributed by atoms with Gasteiger partial charge in [0.2, 0.25) is 5.28 Å². The molecule has 0 aliphatic carbocycles. The summed E-state index contributed by atoms with van der Waals surface area (Å²) in [6.07, 6.45) is 6.75. The lowest BCUT2D eigenvalue weighted by molar-refractivity contribution is 0.558. The molecule has 16 heteroatoms. The monoisotopic (exact) mass is 725 g/mol. The van der Waals surface area contributed by atoms with E-state index in [1.165, 1.54) is 4.57 Å². The Bertz CT molecular complexity index is 2320. The quantitative estimate of drug-likeness (QED) is 0.121. The Hall–Kier alpha value is -5.60. The molecule has 0 bridgehead atoms. The predicted molar refractivity (Wildman–Crippen MR) is 195 cm³/mol. The van der Waals surface area contributed by atoms with E-state index >= 15 is 0 Å². The van der Waals surface area contributed by atoms with Gasteiger partial charge in [-0.05, 0) is 48.2 Å². The molecule has 2 N–H and O–H groups in total. The lowest BCUT2D eigenvalue weighted by Gasteiger charge is -2.38. The Balaban J connectivity index is 1.35. The van der Waals surface area contributed by atoms with Crippen molar-refractivity contribution in [1.29, 1.82) is 0 Å². The SMILES string of the molecule is CCCn1c(Cl)nc2c(c1=O)NC(c1ccc(Cl)nc1)N2N1c2nc(-c3ccco3)n(CCC)c(=O)c2NC1c1cnn(Cc2ccccc2)c1. The van der Waals surface area contributed by atoms with Crippen LogP contribution in [0.25, 0.3) is 11.6 Å². The first kappa shape index (κ1) is 32.6. The predicted octanol–water partition coefficient (Wildman–Crippen LogP) is 6.30. The normalized spacial score (nSPS) is 16.2. The summed E-state index contributed by atoms with van der Waals surface area (Å²) in [5.41, 5.74) is 2.39. The van der Waals surface area contributed by atoms with E-state index < -0.39 is 12.3 Å². The van der Waals surface area contributed by atoms with Crippen molar-refractivity contribution in [2.75, 3.05) is 20.7 Å².